The standard InChI is InChI=1S/C12H19FN4/c1-17(2)12(5-3-4-6-12)8-14-11-7-10(13)15-9-16-11/h7,9H,3-6,8H2,1-2H3,(H,14,15,16). The fourth-order valence-electron chi connectivity index (χ4n) is 2.50. The number of anilines is 1. The van der Waals surface area contributed by atoms with Gasteiger partial charge in [-0.3, -0.25) is 0 Å². The summed E-state index contributed by atoms with van der Waals surface area (Å²) in [6.07, 6.45) is 6.13. The van der Waals surface area contributed by atoms with Crippen molar-refractivity contribution in [2.24, 2.45) is 0 Å². The van der Waals surface area contributed by atoms with Gasteiger partial charge in [0.2, 0.25) is 5.95 Å². The van der Waals surface area contributed by atoms with E-state index in [2.05, 4.69) is 34.3 Å². The van der Waals surface area contributed by atoms with E-state index in [4.69, 9.17) is 0 Å². The molecule has 1 aromatic heterocycles. The Balaban J connectivity index is 2.01. The van der Waals surface area contributed by atoms with E-state index in [9.17, 15) is 4.39 Å². The predicted molar refractivity (Wildman–Crippen MR) is 65.4 cm³/mol. The summed E-state index contributed by atoms with van der Waals surface area (Å²) in [4.78, 5) is 9.72. The lowest BCUT2D eigenvalue weighted by molar-refractivity contribution is 0.172. The second kappa shape index (κ2) is 4.96. The van der Waals surface area contributed by atoms with Crippen LogP contribution in [0.25, 0.3) is 0 Å². The van der Waals surface area contributed by atoms with E-state index in [0.717, 1.165) is 6.54 Å². The van der Waals surface area contributed by atoms with Gasteiger partial charge < -0.3 is 10.2 Å². The fourth-order valence-corrected chi connectivity index (χ4v) is 2.50. The normalized spacial score (nSPS) is 18.6. The van der Waals surface area contributed by atoms with Gasteiger partial charge in [0.05, 0.1) is 0 Å². The van der Waals surface area contributed by atoms with Crippen LogP contribution in [0.2, 0.25) is 0 Å². The first-order chi connectivity index (χ1) is 8.12. The molecule has 0 bridgehead atoms. The third-order valence-electron chi connectivity index (χ3n) is 3.72. The first-order valence-electron chi connectivity index (χ1n) is 6.01. The maximum Gasteiger partial charge on any atom is 0.217 e. The molecule has 0 unspecified atom stereocenters. The first kappa shape index (κ1) is 12.2. The number of hydrogen-bond acceptors (Lipinski definition) is 4. The van der Waals surface area contributed by atoms with Crippen LogP contribution >= 0.6 is 0 Å². The molecule has 1 fully saturated rings. The third-order valence-corrected chi connectivity index (χ3v) is 3.72. The molecule has 1 N–H and O–H groups in total. The molecule has 1 aromatic rings. The van der Waals surface area contributed by atoms with Gasteiger partial charge in [0.1, 0.15) is 12.1 Å². The summed E-state index contributed by atoms with van der Waals surface area (Å²) in [5.41, 5.74) is 0.182. The highest BCUT2D eigenvalue weighted by Crippen LogP contribution is 2.33. The molecule has 94 valence electrons. The van der Waals surface area contributed by atoms with Crippen LogP contribution in [0, 0.1) is 5.95 Å². The molecule has 0 saturated heterocycles. The van der Waals surface area contributed by atoms with Crippen molar-refractivity contribution in [2.75, 3.05) is 26.0 Å². The zero-order valence-corrected chi connectivity index (χ0v) is 10.4. The van der Waals surface area contributed by atoms with Crippen LogP contribution in [0.1, 0.15) is 25.7 Å². The van der Waals surface area contributed by atoms with Crippen molar-refractivity contribution in [3.8, 4) is 0 Å². The number of nitrogens with one attached hydrogen (secondary N) is 1. The Morgan fingerprint density at radius 3 is 2.65 bits per heavy atom. The summed E-state index contributed by atoms with van der Waals surface area (Å²) in [6, 6.07) is 1.33. The number of aromatic nitrogens is 2. The van der Waals surface area contributed by atoms with Gasteiger partial charge in [-0.25, -0.2) is 9.97 Å². The maximum atomic E-state index is 12.9. The molecule has 1 heterocycles. The summed E-state index contributed by atoms with van der Waals surface area (Å²) in [5.74, 6) is 0.0680. The van der Waals surface area contributed by atoms with Crippen molar-refractivity contribution in [3.05, 3.63) is 18.3 Å². The van der Waals surface area contributed by atoms with Crippen molar-refractivity contribution in [3.63, 3.8) is 0 Å². The monoisotopic (exact) mass is 238 g/mol. The Labute approximate surface area is 101 Å². The van der Waals surface area contributed by atoms with Crippen LogP contribution in [0.3, 0.4) is 0 Å². The minimum atomic E-state index is -0.493. The highest BCUT2D eigenvalue weighted by atomic mass is 19.1. The lowest BCUT2D eigenvalue weighted by Crippen LogP contribution is -2.47. The molecule has 2 rings (SSSR count). The molecule has 0 aromatic carbocycles. The van der Waals surface area contributed by atoms with Crippen LogP contribution in [-0.4, -0.2) is 41.0 Å². The van der Waals surface area contributed by atoms with Crippen molar-refractivity contribution in [1.29, 1.82) is 0 Å². The number of nitrogens with zero attached hydrogens (tertiary/aromatic N) is 3. The molecule has 1 aliphatic carbocycles. The minimum absolute atomic E-state index is 0.182. The van der Waals surface area contributed by atoms with Crippen molar-refractivity contribution in [2.45, 2.75) is 31.2 Å². The molecule has 0 atom stereocenters. The second-order valence-electron chi connectivity index (χ2n) is 4.91. The summed E-state index contributed by atoms with van der Waals surface area (Å²) in [7, 11) is 4.21. The van der Waals surface area contributed by atoms with Crippen molar-refractivity contribution < 1.29 is 4.39 Å². The molecule has 1 aliphatic rings. The molecular formula is C12H19FN4. The smallest absolute Gasteiger partial charge is 0.217 e. The maximum absolute atomic E-state index is 12.9. The fraction of sp³-hybridized carbons (Fsp3) is 0.667. The van der Waals surface area contributed by atoms with Crippen molar-refractivity contribution >= 4 is 5.82 Å². The van der Waals surface area contributed by atoms with Gasteiger partial charge in [-0.1, -0.05) is 12.8 Å². The summed E-state index contributed by atoms with van der Waals surface area (Å²) < 4.78 is 12.9. The number of likely N-dealkylation sites (N-methyl/N-ethyl adjacent to an activating group) is 1. The van der Waals surface area contributed by atoms with Crippen LogP contribution in [-0.2, 0) is 0 Å². The average molecular weight is 238 g/mol. The highest BCUT2D eigenvalue weighted by Gasteiger charge is 2.35. The van der Waals surface area contributed by atoms with E-state index in [0.29, 0.717) is 5.82 Å². The van der Waals surface area contributed by atoms with Gasteiger partial charge >= 0.3 is 0 Å². The van der Waals surface area contributed by atoms with E-state index in [-0.39, 0.29) is 5.54 Å². The molecule has 4 nitrogen and oxygen atoms in total. The van der Waals surface area contributed by atoms with Gasteiger partial charge in [-0.15, -0.1) is 0 Å². The van der Waals surface area contributed by atoms with Gasteiger partial charge in [0.15, 0.2) is 0 Å². The molecular weight excluding hydrogens is 219 g/mol. The molecule has 5 heteroatoms. The Kier molecular flexibility index (Phi) is 3.57. The largest absolute Gasteiger partial charge is 0.368 e. The number of halogens is 1. The van der Waals surface area contributed by atoms with E-state index in [1.165, 1.54) is 38.1 Å². The molecule has 17 heavy (non-hydrogen) atoms. The van der Waals surface area contributed by atoms with E-state index in [1.807, 2.05) is 0 Å². The summed E-state index contributed by atoms with van der Waals surface area (Å²) >= 11 is 0. The molecule has 0 spiro atoms. The van der Waals surface area contributed by atoms with Gasteiger partial charge in [0.25, 0.3) is 0 Å². The van der Waals surface area contributed by atoms with Crippen LogP contribution in [0.15, 0.2) is 12.4 Å². The van der Waals surface area contributed by atoms with Crippen LogP contribution in [0.4, 0.5) is 10.2 Å². The van der Waals surface area contributed by atoms with Gasteiger partial charge in [0, 0.05) is 18.2 Å². The van der Waals surface area contributed by atoms with E-state index in [1.54, 1.807) is 0 Å². The van der Waals surface area contributed by atoms with Gasteiger partial charge in [-0.05, 0) is 26.9 Å². The topological polar surface area (TPSA) is 41.0 Å². The minimum Gasteiger partial charge on any atom is -0.368 e. The molecule has 0 radical (unpaired) electrons. The quantitative estimate of drug-likeness (QED) is 0.813. The number of hydrogen-bond donors (Lipinski definition) is 1. The summed E-state index contributed by atoms with van der Waals surface area (Å²) in [5, 5.41) is 3.22. The molecule has 0 amide bonds. The summed E-state index contributed by atoms with van der Waals surface area (Å²) in [6.45, 7) is 0.802. The van der Waals surface area contributed by atoms with Crippen LogP contribution < -0.4 is 5.32 Å². The Morgan fingerprint density at radius 1 is 1.35 bits per heavy atom. The van der Waals surface area contributed by atoms with Gasteiger partial charge in [-0.2, -0.15) is 4.39 Å². The predicted octanol–water partition coefficient (Wildman–Crippen LogP) is 1.90. The Morgan fingerprint density at radius 2 is 2.06 bits per heavy atom. The molecule has 0 aliphatic heterocycles. The third kappa shape index (κ3) is 2.72. The zero-order valence-electron chi connectivity index (χ0n) is 10.4. The SMILES string of the molecule is CN(C)C1(CNc2cc(F)ncn2)CCCC1. The number of rotatable bonds is 4. The van der Waals surface area contributed by atoms with E-state index < -0.39 is 5.95 Å². The lowest BCUT2D eigenvalue weighted by Gasteiger charge is -2.36. The Bertz CT molecular complexity index is 375. The second-order valence-corrected chi connectivity index (χ2v) is 4.91. The average Bonchev–Trinajstić information content (AvgIpc) is 2.76. The van der Waals surface area contributed by atoms with E-state index >= 15 is 0 Å². The first-order valence-corrected chi connectivity index (χ1v) is 6.01. The zero-order chi connectivity index (χ0) is 12.3. The highest BCUT2D eigenvalue weighted by molar-refractivity contribution is 5.33. The Hall–Kier alpha value is -1.23. The van der Waals surface area contributed by atoms with Crippen molar-refractivity contribution in [1.82, 2.24) is 14.9 Å². The van der Waals surface area contributed by atoms with Crippen LogP contribution in [0.5, 0.6) is 0 Å². The molecule has 1 saturated carbocycles. The lowest BCUT2D eigenvalue weighted by atomic mass is 9.96.